The van der Waals surface area contributed by atoms with Crippen molar-refractivity contribution in [2.24, 2.45) is 0 Å². The lowest BCUT2D eigenvalue weighted by Gasteiger charge is -2.25. The smallest absolute Gasteiger partial charge is 0.161 e. The molecule has 0 saturated carbocycles. The highest BCUT2D eigenvalue weighted by Crippen LogP contribution is 2.25. The molecule has 0 saturated heterocycles. The summed E-state index contributed by atoms with van der Waals surface area (Å²) in [5, 5.41) is 8.73. The monoisotopic (exact) mass is 324 g/mol. The van der Waals surface area contributed by atoms with Crippen molar-refractivity contribution in [3.63, 3.8) is 0 Å². The fourth-order valence-corrected chi connectivity index (χ4v) is 2.17. The van der Waals surface area contributed by atoms with Gasteiger partial charge in [0.05, 0.1) is 19.1 Å². The number of ketones is 1. The number of anilines is 1. The molecule has 0 aliphatic carbocycles. The van der Waals surface area contributed by atoms with Crippen LogP contribution in [0.3, 0.4) is 0 Å². The van der Waals surface area contributed by atoms with Gasteiger partial charge in [0.1, 0.15) is 0 Å². The van der Waals surface area contributed by atoms with Gasteiger partial charge < -0.3 is 9.64 Å². The number of carbonyl (C=O) groups excluding carboxylic acids is 1. The van der Waals surface area contributed by atoms with E-state index in [-0.39, 0.29) is 5.78 Å². The topological polar surface area (TPSA) is 53.3 Å². The van der Waals surface area contributed by atoms with E-state index in [1.807, 2.05) is 23.1 Å². The number of carbonyl (C=O) groups is 1. The first kappa shape index (κ1) is 15.7. The van der Waals surface area contributed by atoms with Crippen molar-refractivity contribution < 1.29 is 9.53 Å². The minimum atomic E-state index is 0.00988. The molecule has 0 aromatic heterocycles. The normalized spacial score (nSPS) is 10.0. The number of hydrogen-bond donors (Lipinski definition) is 0. The Morgan fingerprint density at radius 2 is 2.21 bits per heavy atom. The molecule has 1 rings (SSSR count). The molecule has 0 aliphatic rings. The Morgan fingerprint density at radius 1 is 1.47 bits per heavy atom. The average Bonchev–Trinajstić information content (AvgIpc) is 2.39. The van der Waals surface area contributed by atoms with Gasteiger partial charge in [-0.1, -0.05) is 15.9 Å². The van der Waals surface area contributed by atoms with Crippen LogP contribution in [0.5, 0.6) is 0 Å². The molecule has 0 radical (unpaired) electrons. The molecule has 0 spiro atoms. The molecule has 0 unspecified atom stereocenters. The molecule has 4 nitrogen and oxygen atoms in total. The van der Waals surface area contributed by atoms with E-state index in [1.54, 1.807) is 14.0 Å². The maximum Gasteiger partial charge on any atom is 0.161 e. The second-order valence-electron chi connectivity index (χ2n) is 4.11. The Hall–Kier alpha value is -1.38. The summed E-state index contributed by atoms with van der Waals surface area (Å²) in [4.78, 5) is 13.7. The highest BCUT2D eigenvalue weighted by Gasteiger charge is 2.14. The van der Waals surface area contributed by atoms with Crippen molar-refractivity contribution in [3.05, 3.63) is 28.2 Å². The summed E-state index contributed by atoms with van der Waals surface area (Å²) in [6, 6.07) is 7.73. The van der Waals surface area contributed by atoms with Gasteiger partial charge in [0.2, 0.25) is 0 Å². The Labute approximate surface area is 122 Å². The number of hydrogen-bond acceptors (Lipinski definition) is 4. The number of Topliss-reactive ketones (excluding diaryl/α,β-unsaturated/α-hetero) is 1. The summed E-state index contributed by atoms with van der Waals surface area (Å²) in [5.41, 5.74) is 1.51. The average molecular weight is 325 g/mol. The van der Waals surface area contributed by atoms with E-state index in [2.05, 4.69) is 22.0 Å². The van der Waals surface area contributed by atoms with Gasteiger partial charge in [-0.25, -0.2) is 0 Å². The van der Waals surface area contributed by atoms with Crippen molar-refractivity contribution >= 4 is 27.4 Å². The Morgan fingerprint density at radius 3 is 2.79 bits per heavy atom. The van der Waals surface area contributed by atoms with Gasteiger partial charge in [0.15, 0.2) is 5.78 Å². The van der Waals surface area contributed by atoms with Gasteiger partial charge in [-0.3, -0.25) is 4.79 Å². The molecule has 5 heteroatoms. The molecule has 0 fully saturated rings. The molecule has 19 heavy (non-hydrogen) atoms. The van der Waals surface area contributed by atoms with Crippen molar-refractivity contribution in [1.82, 2.24) is 0 Å². The minimum absolute atomic E-state index is 0.00988. The van der Waals surface area contributed by atoms with E-state index in [0.29, 0.717) is 31.7 Å². The molecular weight excluding hydrogens is 308 g/mol. The Bertz CT molecular complexity index is 483. The Balaban J connectivity index is 3.06. The zero-order valence-corrected chi connectivity index (χ0v) is 12.7. The van der Waals surface area contributed by atoms with Crippen molar-refractivity contribution in [2.75, 3.05) is 31.7 Å². The number of rotatable bonds is 7. The van der Waals surface area contributed by atoms with Crippen molar-refractivity contribution in [1.29, 1.82) is 5.26 Å². The van der Waals surface area contributed by atoms with E-state index in [0.717, 1.165) is 10.2 Å². The molecule has 0 heterocycles. The number of nitrogens with zero attached hydrogens (tertiary/aromatic N) is 2. The molecule has 102 valence electrons. The lowest BCUT2D eigenvalue weighted by molar-refractivity contribution is 0.101. The van der Waals surface area contributed by atoms with Gasteiger partial charge in [-0.15, -0.1) is 0 Å². The third-order valence-corrected chi connectivity index (χ3v) is 3.23. The van der Waals surface area contributed by atoms with Gasteiger partial charge in [0, 0.05) is 35.9 Å². The fraction of sp³-hybridized carbons (Fsp3) is 0.429. The first-order valence-electron chi connectivity index (χ1n) is 6.01. The van der Waals surface area contributed by atoms with E-state index >= 15 is 0 Å². The largest absolute Gasteiger partial charge is 0.383 e. The van der Waals surface area contributed by atoms with Crippen LogP contribution >= 0.6 is 15.9 Å². The van der Waals surface area contributed by atoms with Crippen LogP contribution in [0.25, 0.3) is 0 Å². The third-order valence-electron chi connectivity index (χ3n) is 2.74. The van der Waals surface area contributed by atoms with Crippen LogP contribution in [0.1, 0.15) is 23.7 Å². The number of halogens is 1. The van der Waals surface area contributed by atoms with Crippen LogP contribution in [-0.2, 0) is 4.74 Å². The number of ether oxygens (including phenoxy) is 1. The van der Waals surface area contributed by atoms with Crippen LogP contribution < -0.4 is 4.90 Å². The van der Waals surface area contributed by atoms with Gasteiger partial charge >= 0.3 is 0 Å². The number of methoxy groups -OCH3 is 1. The van der Waals surface area contributed by atoms with Crippen LogP contribution in [0, 0.1) is 11.3 Å². The van der Waals surface area contributed by atoms with Gasteiger partial charge in [-0.2, -0.15) is 5.26 Å². The third kappa shape index (κ3) is 4.66. The SMILES string of the molecule is COCCN(CCC#N)c1ccc(Br)cc1C(C)=O. The molecule has 1 aromatic rings. The van der Waals surface area contributed by atoms with Crippen LogP contribution in [0.4, 0.5) is 5.69 Å². The van der Waals surface area contributed by atoms with Gasteiger partial charge in [-0.05, 0) is 25.1 Å². The summed E-state index contributed by atoms with van der Waals surface area (Å²) in [5.74, 6) is 0.00988. The van der Waals surface area contributed by atoms with E-state index in [1.165, 1.54) is 0 Å². The summed E-state index contributed by atoms with van der Waals surface area (Å²) in [6.07, 6.45) is 0.414. The lowest BCUT2D eigenvalue weighted by Crippen LogP contribution is -2.29. The van der Waals surface area contributed by atoms with Crippen LogP contribution in [-0.4, -0.2) is 32.6 Å². The second-order valence-corrected chi connectivity index (χ2v) is 5.02. The summed E-state index contributed by atoms with van der Waals surface area (Å²) < 4.78 is 5.95. The highest BCUT2D eigenvalue weighted by atomic mass is 79.9. The predicted molar refractivity (Wildman–Crippen MR) is 78.5 cm³/mol. The lowest BCUT2D eigenvalue weighted by atomic mass is 10.1. The molecule has 0 bridgehead atoms. The molecule has 0 atom stereocenters. The summed E-state index contributed by atoms with van der Waals surface area (Å²) in [7, 11) is 1.63. The summed E-state index contributed by atoms with van der Waals surface area (Å²) in [6.45, 7) is 3.34. The zero-order valence-electron chi connectivity index (χ0n) is 11.1. The quantitative estimate of drug-likeness (QED) is 0.723. The maximum atomic E-state index is 11.7. The maximum absolute atomic E-state index is 11.7. The standard InChI is InChI=1S/C14H17BrN2O2/c1-11(18)13-10-12(15)4-5-14(13)17(7-3-6-16)8-9-19-2/h4-5,10H,3,7-9H2,1-2H3. The van der Waals surface area contributed by atoms with E-state index < -0.39 is 0 Å². The van der Waals surface area contributed by atoms with Crippen LogP contribution in [0.15, 0.2) is 22.7 Å². The first-order valence-corrected chi connectivity index (χ1v) is 6.80. The minimum Gasteiger partial charge on any atom is -0.383 e. The first-order chi connectivity index (χ1) is 9.10. The van der Waals surface area contributed by atoms with E-state index in [9.17, 15) is 4.79 Å². The molecular formula is C14H17BrN2O2. The van der Waals surface area contributed by atoms with Crippen LogP contribution in [0.2, 0.25) is 0 Å². The fourth-order valence-electron chi connectivity index (χ4n) is 1.81. The molecule has 0 N–H and O–H groups in total. The predicted octanol–water partition coefficient (Wildman–Crippen LogP) is 3.02. The summed E-state index contributed by atoms with van der Waals surface area (Å²) >= 11 is 3.37. The number of benzene rings is 1. The highest BCUT2D eigenvalue weighted by molar-refractivity contribution is 9.10. The second kappa shape index (κ2) is 7.93. The number of nitriles is 1. The van der Waals surface area contributed by atoms with Crippen molar-refractivity contribution in [3.8, 4) is 6.07 Å². The Kier molecular flexibility index (Phi) is 6.54. The zero-order chi connectivity index (χ0) is 14.3. The molecule has 0 amide bonds. The van der Waals surface area contributed by atoms with Crippen molar-refractivity contribution in [2.45, 2.75) is 13.3 Å². The van der Waals surface area contributed by atoms with Gasteiger partial charge in [0.25, 0.3) is 0 Å². The molecule has 0 aliphatic heterocycles. The van der Waals surface area contributed by atoms with E-state index in [4.69, 9.17) is 10.00 Å². The molecule has 1 aromatic carbocycles.